The molecule has 4 aliphatic carbocycles. The van der Waals surface area contributed by atoms with Gasteiger partial charge in [-0.1, -0.05) is 39.3 Å². The summed E-state index contributed by atoms with van der Waals surface area (Å²) in [5.74, 6) is 4.58. The molecule has 0 aromatic heterocycles. The Bertz CT molecular complexity index is 739. The smallest absolute Gasteiger partial charge is 0.122 e. The van der Waals surface area contributed by atoms with E-state index in [0.29, 0.717) is 22.9 Å². The van der Waals surface area contributed by atoms with Gasteiger partial charge in [0.05, 0.1) is 12.2 Å². The third-order valence-electron chi connectivity index (χ3n) is 11.6. The highest BCUT2D eigenvalue weighted by Gasteiger charge is 2.68. The van der Waals surface area contributed by atoms with Crippen LogP contribution in [-0.2, 0) is 4.74 Å². The Labute approximate surface area is 183 Å². The van der Waals surface area contributed by atoms with Crippen LogP contribution in [-0.4, -0.2) is 29.6 Å². The van der Waals surface area contributed by atoms with E-state index in [-0.39, 0.29) is 11.8 Å². The molecule has 0 radical (unpaired) electrons. The Hall–Kier alpha value is -0.380. The number of ether oxygens (including phenoxy) is 1. The molecule has 30 heavy (non-hydrogen) atoms. The molecule has 0 amide bonds. The SMILES string of the molecule is C[C@@H]1CC[C@@]2(NC1)O[C@@H]1C[C@H]3[C@H]4CC=C5C[C@@H](O)CC[C@]5(C)[C@@H]4CC[C@]3(C)[C@@H]1[C@@H]2C. The predicted molar refractivity (Wildman–Crippen MR) is 120 cm³/mol. The fourth-order valence-electron chi connectivity index (χ4n) is 9.84. The molecule has 3 heteroatoms. The summed E-state index contributed by atoms with van der Waals surface area (Å²) in [6, 6.07) is 0. The highest BCUT2D eigenvalue weighted by atomic mass is 16.5. The lowest BCUT2D eigenvalue weighted by molar-refractivity contribution is -0.115. The van der Waals surface area contributed by atoms with Gasteiger partial charge in [-0.05, 0) is 98.2 Å². The molecule has 0 aromatic carbocycles. The Balaban J connectivity index is 1.28. The number of hydrogen-bond acceptors (Lipinski definition) is 3. The maximum atomic E-state index is 10.3. The van der Waals surface area contributed by atoms with Crippen LogP contribution in [0.15, 0.2) is 11.6 Å². The van der Waals surface area contributed by atoms with E-state index in [1.54, 1.807) is 5.57 Å². The second-order valence-corrected chi connectivity index (χ2v) is 12.8. The van der Waals surface area contributed by atoms with Crippen molar-refractivity contribution in [1.29, 1.82) is 0 Å². The predicted octanol–water partition coefficient (Wildman–Crippen LogP) is 5.29. The van der Waals surface area contributed by atoms with Crippen molar-refractivity contribution in [3.63, 3.8) is 0 Å². The second kappa shape index (κ2) is 6.58. The Morgan fingerprint density at radius 3 is 2.67 bits per heavy atom. The minimum atomic E-state index is -0.100. The molecule has 3 nitrogen and oxygen atoms in total. The highest BCUT2D eigenvalue weighted by molar-refractivity contribution is 5.26. The summed E-state index contributed by atoms with van der Waals surface area (Å²) in [6.07, 6.45) is 13.8. The minimum Gasteiger partial charge on any atom is -0.393 e. The van der Waals surface area contributed by atoms with Crippen LogP contribution >= 0.6 is 0 Å². The van der Waals surface area contributed by atoms with Gasteiger partial charge >= 0.3 is 0 Å². The number of aliphatic hydroxyl groups is 1. The van der Waals surface area contributed by atoms with Gasteiger partial charge in [-0.3, -0.25) is 5.32 Å². The molecule has 2 aliphatic heterocycles. The van der Waals surface area contributed by atoms with Gasteiger partial charge in [0.25, 0.3) is 0 Å². The van der Waals surface area contributed by atoms with E-state index < -0.39 is 0 Å². The van der Waals surface area contributed by atoms with Gasteiger partial charge in [-0.25, -0.2) is 0 Å². The summed E-state index contributed by atoms with van der Waals surface area (Å²) in [4.78, 5) is 0. The topological polar surface area (TPSA) is 41.5 Å². The molecule has 1 spiro atoms. The normalized spacial score (nSPS) is 59.8. The van der Waals surface area contributed by atoms with Gasteiger partial charge in [-0.2, -0.15) is 0 Å². The van der Waals surface area contributed by atoms with E-state index in [4.69, 9.17) is 4.74 Å². The first-order valence-corrected chi connectivity index (χ1v) is 13.1. The molecule has 6 aliphatic rings. The van der Waals surface area contributed by atoms with Gasteiger partial charge < -0.3 is 9.84 Å². The van der Waals surface area contributed by atoms with Gasteiger partial charge in [0, 0.05) is 12.5 Å². The number of fused-ring (bicyclic) bond motifs is 7. The first-order chi connectivity index (χ1) is 14.3. The van der Waals surface area contributed by atoms with E-state index >= 15 is 0 Å². The van der Waals surface area contributed by atoms with Crippen LogP contribution in [0.5, 0.6) is 0 Å². The number of piperidine rings is 1. The second-order valence-electron chi connectivity index (χ2n) is 12.8. The van der Waals surface area contributed by atoms with E-state index in [0.717, 1.165) is 49.0 Å². The maximum absolute atomic E-state index is 10.3. The Morgan fingerprint density at radius 2 is 1.90 bits per heavy atom. The lowest BCUT2D eigenvalue weighted by atomic mass is 9.47. The van der Waals surface area contributed by atoms with Crippen molar-refractivity contribution in [2.75, 3.05) is 6.54 Å². The monoisotopic (exact) mass is 413 g/mol. The molecule has 6 rings (SSSR count). The third-order valence-corrected chi connectivity index (χ3v) is 11.6. The van der Waals surface area contributed by atoms with Crippen molar-refractivity contribution in [3.8, 4) is 0 Å². The van der Waals surface area contributed by atoms with Crippen LogP contribution in [0.25, 0.3) is 0 Å². The van der Waals surface area contributed by atoms with Crippen LogP contribution in [0.4, 0.5) is 0 Å². The van der Waals surface area contributed by atoms with Gasteiger partial charge in [0.2, 0.25) is 0 Å². The highest BCUT2D eigenvalue weighted by Crippen LogP contribution is 2.70. The molecule has 2 N–H and O–H groups in total. The number of hydrogen-bond donors (Lipinski definition) is 2. The first kappa shape index (κ1) is 20.2. The van der Waals surface area contributed by atoms with Crippen LogP contribution < -0.4 is 5.32 Å². The van der Waals surface area contributed by atoms with E-state index in [9.17, 15) is 5.11 Å². The molecular weight excluding hydrogens is 370 g/mol. The van der Waals surface area contributed by atoms with Crippen molar-refractivity contribution in [2.24, 2.45) is 46.3 Å². The van der Waals surface area contributed by atoms with Crippen LogP contribution in [0, 0.1) is 46.3 Å². The van der Waals surface area contributed by atoms with Crippen molar-refractivity contribution < 1.29 is 9.84 Å². The molecule has 2 saturated heterocycles. The minimum absolute atomic E-state index is 0.0439. The molecular formula is C27H43NO2. The lowest BCUT2D eigenvalue weighted by Crippen LogP contribution is -2.57. The van der Waals surface area contributed by atoms with Crippen LogP contribution in [0.3, 0.4) is 0 Å². The van der Waals surface area contributed by atoms with Crippen molar-refractivity contribution in [1.82, 2.24) is 5.32 Å². The number of nitrogens with one attached hydrogen (secondary N) is 1. The molecule has 168 valence electrons. The Morgan fingerprint density at radius 1 is 1.07 bits per heavy atom. The average molecular weight is 414 g/mol. The standard InChI is InChI=1S/C27H43NO2/c1-16-7-12-27(28-15-16)17(2)24-23(30-27)14-22-20-6-5-18-13-19(29)8-10-25(18,3)21(20)9-11-26(22,24)4/h5,16-17,19-24,28-29H,6-15H2,1-4H3/t16-,17+,19+,20+,21-,22+,23-,24-,25+,26+,27-/m1/s1. The van der Waals surface area contributed by atoms with E-state index in [2.05, 4.69) is 39.1 Å². The van der Waals surface area contributed by atoms with Crippen molar-refractivity contribution in [3.05, 3.63) is 11.6 Å². The Kier molecular flexibility index (Phi) is 4.44. The molecule has 0 bridgehead atoms. The van der Waals surface area contributed by atoms with Gasteiger partial charge in [0.15, 0.2) is 0 Å². The fourth-order valence-corrected chi connectivity index (χ4v) is 9.84. The number of rotatable bonds is 0. The largest absolute Gasteiger partial charge is 0.393 e. The fraction of sp³-hybridized carbons (Fsp3) is 0.926. The van der Waals surface area contributed by atoms with Crippen molar-refractivity contribution in [2.45, 2.75) is 103 Å². The summed E-state index contributed by atoms with van der Waals surface area (Å²) in [5, 5.41) is 14.1. The number of allylic oxidation sites excluding steroid dienone is 1. The zero-order valence-corrected chi connectivity index (χ0v) is 19.6. The van der Waals surface area contributed by atoms with E-state index in [1.807, 2.05) is 0 Å². The quantitative estimate of drug-likeness (QED) is 0.530. The van der Waals surface area contributed by atoms with Gasteiger partial charge in [0.1, 0.15) is 5.72 Å². The maximum Gasteiger partial charge on any atom is 0.122 e. The zero-order chi connectivity index (χ0) is 20.9. The number of aliphatic hydroxyl groups excluding tert-OH is 1. The average Bonchev–Trinajstić information content (AvgIpc) is 3.16. The van der Waals surface area contributed by atoms with Crippen molar-refractivity contribution >= 4 is 0 Å². The summed E-state index contributed by atoms with van der Waals surface area (Å²) < 4.78 is 7.00. The lowest BCUT2D eigenvalue weighted by Gasteiger charge is -2.58. The third kappa shape index (κ3) is 2.55. The summed E-state index contributed by atoms with van der Waals surface area (Å²) in [7, 11) is 0. The summed E-state index contributed by atoms with van der Waals surface area (Å²) >= 11 is 0. The van der Waals surface area contributed by atoms with E-state index in [1.165, 1.54) is 44.9 Å². The molecule has 5 fully saturated rings. The van der Waals surface area contributed by atoms with Crippen LogP contribution in [0.2, 0.25) is 0 Å². The molecule has 0 unspecified atom stereocenters. The van der Waals surface area contributed by atoms with Crippen LogP contribution in [0.1, 0.15) is 85.5 Å². The molecule has 0 aromatic rings. The molecule has 11 atom stereocenters. The zero-order valence-electron chi connectivity index (χ0n) is 19.6. The summed E-state index contributed by atoms with van der Waals surface area (Å²) in [5.41, 5.74) is 2.33. The molecule has 2 heterocycles. The first-order valence-electron chi connectivity index (χ1n) is 13.1. The summed E-state index contributed by atoms with van der Waals surface area (Å²) in [6.45, 7) is 11.2. The molecule has 3 saturated carbocycles. The van der Waals surface area contributed by atoms with Gasteiger partial charge in [-0.15, -0.1) is 0 Å².